The van der Waals surface area contributed by atoms with Gasteiger partial charge in [0.2, 0.25) is 0 Å². The molecule has 0 aromatic heterocycles. The lowest BCUT2D eigenvalue weighted by Gasteiger charge is -2.35. The minimum Gasteiger partial charge on any atom is -0.381 e. The maximum absolute atomic E-state index is 5.55. The van der Waals surface area contributed by atoms with E-state index < -0.39 is 0 Å². The number of hydrogen-bond acceptors (Lipinski definition) is 3. The normalized spacial score (nSPS) is 22.7. The monoisotopic (exact) mass is 380 g/mol. The molecule has 3 nitrogen and oxygen atoms in total. The second kappa shape index (κ2) is 9.16. The maximum Gasteiger partial charge on any atom is 0.0466 e. The van der Waals surface area contributed by atoms with Gasteiger partial charge in [0.05, 0.1) is 0 Å². The third-order valence-electron chi connectivity index (χ3n) is 5.06. The van der Waals surface area contributed by atoms with Crippen molar-refractivity contribution in [1.82, 2.24) is 10.2 Å². The summed E-state index contributed by atoms with van der Waals surface area (Å²) in [5.41, 5.74) is 1.42. The van der Waals surface area contributed by atoms with Crippen LogP contribution in [0.2, 0.25) is 0 Å². The van der Waals surface area contributed by atoms with E-state index in [1.807, 2.05) is 0 Å². The van der Waals surface area contributed by atoms with Gasteiger partial charge in [0, 0.05) is 36.3 Å². The molecule has 0 aliphatic carbocycles. The van der Waals surface area contributed by atoms with Crippen LogP contribution in [0.3, 0.4) is 0 Å². The number of halogens is 1. The molecule has 2 fully saturated rings. The average Bonchev–Trinajstić information content (AvgIpc) is 2.54. The van der Waals surface area contributed by atoms with Crippen LogP contribution in [0.5, 0.6) is 0 Å². The van der Waals surface area contributed by atoms with Gasteiger partial charge in [-0.05, 0) is 69.3 Å². The van der Waals surface area contributed by atoms with E-state index in [0.717, 1.165) is 24.2 Å². The lowest BCUT2D eigenvalue weighted by molar-refractivity contribution is 0.104. The predicted octanol–water partition coefficient (Wildman–Crippen LogP) is 3.96. The zero-order valence-electron chi connectivity index (χ0n) is 14.0. The number of piperidine rings is 1. The van der Waals surface area contributed by atoms with Crippen molar-refractivity contribution in [3.8, 4) is 0 Å². The second-order valence-electron chi connectivity index (χ2n) is 6.94. The fraction of sp³-hybridized carbons (Fsp3) is 0.684. The van der Waals surface area contributed by atoms with Crippen LogP contribution in [0.15, 0.2) is 28.7 Å². The zero-order chi connectivity index (χ0) is 15.9. The molecule has 2 saturated heterocycles. The molecular weight excluding hydrogens is 352 g/mol. The highest BCUT2D eigenvalue weighted by Crippen LogP contribution is 2.18. The van der Waals surface area contributed by atoms with E-state index in [2.05, 4.69) is 50.4 Å². The van der Waals surface area contributed by atoms with Crippen LogP contribution in [-0.4, -0.2) is 43.3 Å². The molecule has 1 aromatic rings. The molecule has 0 amide bonds. The van der Waals surface area contributed by atoms with Gasteiger partial charge in [-0.1, -0.05) is 28.1 Å². The molecule has 0 radical (unpaired) electrons. The summed E-state index contributed by atoms with van der Waals surface area (Å²) in [7, 11) is 0. The topological polar surface area (TPSA) is 24.5 Å². The van der Waals surface area contributed by atoms with Crippen LogP contribution in [-0.2, 0) is 11.3 Å². The Hall–Kier alpha value is -0.420. The summed E-state index contributed by atoms with van der Waals surface area (Å²) in [5, 5.41) is 3.93. The molecule has 2 heterocycles. The van der Waals surface area contributed by atoms with Gasteiger partial charge in [-0.25, -0.2) is 0 Å². The van der Waals surface area contributed by atoms with E-state index in [-0.39, 0.29) is 0 Å². The fourth-order valence-corrected chi connectivity index (χ4v) is 3.98. The number of hydrogen-bond donors (Lipinski definition) is 1. The summed E-state index contributed by atoms with van der Waals surface area (Å²) in [4.78, 5) is 2.59. The molecule has 0 atom stereocenters. The Morgan fingerprint density at radius 3 is 2.22 bits per heavy atom. The first-order valence-electron chi connectivity index (χ1n) is 9.10. The molecule has 23 heavy (non-hydrogen) atoms. The van der Waals surface area contributed by atoms with Crippen LogP contribution in [0.4, 0.5) is 0 Å². The molecule has 2 aliphatic rings. The number of ether oxygens (including phenoxy) is 1. The molecule has 0 unspecified atom stereocenters. The minimum atomic E-state index is 0.710. The lowest BCUT2D eigenvalue weighted by Crippen LogP contribution is -2.46. The largest absolute Gasteiger partial charge is 0.381 e. The predicted molar refractivity (Wildman–Crippen MR) is 98.7 cm³/mol. The Kier molecular flexibility index (Phi) is 6.94. The molecule has 1 N–H and O–H groups in total. The average molecular weight is 381 g/mol. The van der Waals surface area contributed by atoms with Crippen LogP contribution >= 0.6 is 15.9 Å². The molecule has 1 aromatic carbocycles. The Labute approximate surface area is 148 Å². The van der Waals surface area contributed by atoms with Crippen molar-refractivity contribution in [2.24, 2.45) is 0 Å². The van der Waals surface area contributed by atoms with Crippen molar-refractivity contribution in [2.45, 2.75) is 57.2 Å². The Bertz CT molecular complexity index is 449. The van der Waals surface area contributed by atoms with Crippen molar-refractivity contribution in [2.75, 3.05) is 26.3 Å². The van der Waals surface area contributed by atoms with Gasteiger partial charge in [-0.3, -0.25) is 4.90 Å². The highest BCUT2D eigenvalue weighted by Gasteiger charge is 2.22. The number of benzene rings is 1. The van der Waals surface area contributed by atoms with E-state index in [1.54, 1.807) is 0 Å². The molecule has 3 rings (SSSR count). The van der Waals surface area contributed by atoms with E-state index in [9.17, 15) is 0 Å². The van der Waals surface area contributed by atoms with Gasteiger partial charge in [0.15, 0.2) is 0 Å². The summed E-state index contributed by atoms with van der Waals surface area (Å²) in [6.45, 7) is 5.40. The molecule has 4 heteroatoms. The van der Waals surface area contributed by atoms with E-state index in [0.29, 0.717) is 12.1 Å². The zero-order valence-corrected chi connectivity index (χ0v) is 15.6. The SMILES string of the molecule is Brc1ccc(CN2CCC(NC3CCCOCCC3)CC2)cc1. The number of nitrogens with zero attached hydrogens (tertiary/aromatic N) is 1. The van der Waals surface area contributed by atoms with Gasteiger partial charge in [-0.2, -0.15) is 0 Å². The molecule has 128 valence electrons. The summed E-state index contributed by atoms with van der Waals surface area (Å²) < 4.78 is 6.71. The minimum absolute atomic E-state index is 0.710. The van der Waals surface area contributed by atoms with Gasteiger partial charge < -0.3 is 10.1 Å². The Morgan fingerprint density at radius 2 is 1.57 bits per heavy atom. The van der Waals surface area contributed by atoms with Crippen LogP contribution in [0.25, 0.3) is 0 Å². The highest BCUT2D eigenvalue weighted by atomic mass is 79.9. The standard InChI is InChI=1S/C19H29BrN2O/c20-17-7-5-16(6-8-17)15-22-11-9-19(10-12-22)21-18-3-1-13-23-14-2-4-18/h5-8,18-19,21H,1-4,9-15H2. The van der Waals surface area contributed by atoms with Crippen molar-refractivity contribution in [1.29, 1.82) is 0 Å². The summed E-state index contributed by atoms with van der Waals surface area (Å²) in [6.07, 6.45) is 7.53. The van der Waals surface area contributed by atoms with Crippen LogP contribution in [0, 0.1) is 0 Å². The number of nitrogens with one attached hydrogen (secondary N) is 1. The number of likely N-dealkylation sites (tertiary alicyclic amines) is 1. The first-order chi connectivity index (χ1) is 11.3. The summed E-state index contributed by atoms with van der Waals surface area (Å²) in [5.74, 6) is 0. The van der Waals surface area contributed by atoms with Crippen LogP contribution in [0.1, 0.15) is 44.1 Å². The lowest BCUT2D eigenvalue weighted by atomic mass is 9.99. The van der Waals surface area contributed by atoms with Gasteiger partial charge in [0.25, 0.3) is 0 Å². The number of rotatable bonds is 4. The first-order valence-corrected chi connectivity index (χ1v) is 9.89. The molecule has 2 aliphatic heterocycles. The summed E-state index contributed by atoms with van der Waals surface area (Å²) >= 11 is 3.51. The van der Waals surface area contributed by atoms with Crippen molar-refractivity contribution in [3.63, 3.8) is 0 Å². The van der Waals surface area contributed by atoms with E-state index in [4.69, 9.17) is 4.74 Å². The van der Waals surface area contributed by atoms with Gasteiger partial charge >= 0.3 is 0 Å². The first kappa shape index (κ1) is 17.4. The van der Waals surface area contributed by atoms with Crippen LogP contribution < -0.4 is 5.32 Å². The third kappa shape index (κ3) is 5.86. The van der Waals surface area contributed by atoms with Gasteiger partial charge in [-0.15, -0.1) is 0 Å². The van der Waals surface area contributed by atoms with Gasteiger partial charge in [0.1, 0.15) is 0 Å². The smallest absolute Gasteiger partial charge is 0.0466 e. The molecular formula is C19H29BrN2O. The van der Waals surface area contributed by atoms with E-state index in [1.165, 1.54) is 57.2 Å². The third-order valence-corrected chi connectivity index (χ3v) is 5.59. The second-order valence-corrected chi connectivity index (χ2v) is 7.85. The fourth-order valence-electron chi connectivity index (χ4n) is 3.72. The molecule has 0 bridgehead atoms. The maximum atomic E-state index is 5.55. The molecule has 0 saturated carbocycles. The Balaban J connectivity index is 1.40. The quantitative estimate of drug-likeness (QED) is 0.855. The summed E-state index contributed by atoms with van der Waals surface area (Å²) in [6, 6.07) is 10.2. The van der Waals surface area contributed by atoms with Crippen molar-refractivity contribution < 1.29 is 4.74 Å². The van der Waals surface area contributed by atoms with Crippen molar-refractivity contribution >= 4 is 15.9 Å². The van der Waals surface area contributed by atoms with E-state index >= 15 is 0 Å². The highest BCUT2D eigenvalue weighted by molar-refractivity contribution is 9.10. The van der Waals surface area contributed by atoms with Crippen molar-refractivity contribution in [3.05, 3.63) is 34.3 Å². The molecule has 0 spiro atoms. The Morgan fingerprint density at radius 1 is 0.957 bits per heavy atom.